The first-order valence-corrected chi connectivity index (χ1v) is 5.23. The van der Waals surface area contributed by atoms with Crippen molar-refractivity contribution in [1.29, 1.82) is 0 Å². The second-order valence-electron chi connectivity index (χ2n) is 3.98. The van der Waals surface area contributed by atoms with Gasteiger partial charge in [-0.3, -0.25) is 0 Å². The number of anilines is 2. The summed E-state index contributed by atoms with van der Waals surface area (Å²) >= 11 is 0. The van der Waals surface area contributed by atoms with Gasteiger partial charge in [0.05, 0.1) is 12.7 Å². The van der Waals surface area contributed by atoms with Gasteiger partial charge in [0.2, 0.25) is 0 Å². The fourth-order valence-electron chi connectivity index (χ4n) is 1.98. The monoisotopic (exact) mass is 221 g/mol. The minimum Gasteiger partial charge on any atom is -0.382 e. The van der Waals surface area contributed by atoms with Gasteiger partial charge in [-0.2, -0.15) is 4.52 Å². The molecule has 5 nitrogen and oxygen atoms in total. The average molecular weight is 221 g/mol. The Bertz CT molecular complexity index is 523. The van der Waals surface area contributed by atoms with E-state index in [1.54, 1.807) is 10.7 Å². The molecule has 1 atom stereocenters. The number of alkyl halides is 1. The van der Waals surface area contributed by atoms with E-state index in [0.717, 1.165) is 5.82 Å². The molecular formula is C10H12FN5. The van der Waals surface area contributed by atoms with Crippen LogP contribution < -0.4 is 10.6 Å². The molecule has 0 radical (unpaired) electrons. The quantitative estimate of drug-likeness (QED) is 0.776. The van der Waals surface area contributed by atoms with Gasteiger partial charge in [-0.25, -0.2) is 9.37 Å². The summed E-state index contributed by atoms with van der Waals surface area (Å²) in [7, 11) is 0. The predicted molar refractivity (Wildman–Crippen MR) is 59.1 cm³/mol. The lowest BCUT2D eigenvalue weighted by Crippen LogP contribution is -2.22. The molecule has 0 saturated carbocycles. The lowest BCUT2D eigenvalue weighted by Gasteiger charge is -2.15. The predicted octanol–water partition coefficient (Wildman–Crippen LogP) is 0.860. The summed E-state index contributed by atoms with van der Waals surface area (Å²) in [6, 6.07) is 3.68. The zero-order valence-electron chi connectivity index (χ0n) is 8.67. The summed E-state index contributed by atoms with van der Waals surface area (Å²) in [5.74, 6) is 1.24. The first kappa shape index (κ1) is 9.38. The molecule has 0 spiro atoms. The highest BCUT2D eigenvalue weighted by Crippen LogP contribution is 2.20. The molecule has 1 fully saturated rings. The highest BCUT2D eigenvalue weighted by Gasteiger charge is 2.23. The summed E-state index contributed by atoms with van der Waals surface area (Å²) in [4.78, 5) is 6.00. The van der Waals surface area contributed by atoms with Crippen LogP contribution in [0.4, 0.5) is 16.0 Å². The van der Waals surface area contributed by atoms with E-state index in [4.69, 9.17) is 5.73 Å². The van der Waals surface area contributed by atoms with E-state index in [1.807, 2.05) is 17.0 Å². The molecule has 3 rings (SSSR count). The van der Waals surface area contributed by atoms with Crippen molar-refractivity contribution < 1.29 is 4.39 Å². The van der Waals surface area contributed by atoms with Gasteiger partial charge in [-0.15, -0.1) is 5.10 Å². The Morgan fingerprint density at radius 3 is 3.06 bits per heavy atom. The Labute approximate surface area is 91.7 Å². The van der Waals surface area contributed by atoms with Crippen molar-refractivity contribution in [3.05, 3.63) is 18.3 Å². The SMILES string of the molecule is Nc1cnc2ccc(N3CCC(F)C3)nn12. The average Bonchev–Trinajstić information content (AvgIpc) is 2.86. The second-order valence-corrected chi connectivity index (χ2v) is 3.98. The molecule has 2 aromatic heterocycles. The number of imidazole rings is 1. The van der Waals surface area contributed by atoms with E-state index in [2.05, 4.69) is 10.1 Å². The Balaban J connectivity index is 2.01. The number of hydrogen-bond acceptors (Lipinski definition) is 4. The molecule has 1 saturated heterocycles. The molecule has 6 heteroatoms. The lowest BCUT2D eigenvalue weighted by molar-refractivity contribution is 0.364. The van der Waals surface area contributed by atoms with E-state index < -0.39 is 6.17 Å². The molecule has 84 valence electrons. The number of nitrogens with two attached hydrogens (primary N) is 1. The first-order chi connectivity index (χ1) is 7.74. The van der Waals surface area contributed by atoms with Crippen molar-refractivity contribution in [2.24, 2.45) is 0 Å². The maximum absolute atomic E-state index is 13.1. The van der Waals surface area contributed by atoms with Crippen LogP contribution in [-0.4, -0.2) is 33.9 Å². The van der Waals surface area contributed by atoms with Crippen LogP contribution in [0.1, 0.15) is 6.42 Å². The molecule has 0 aromatic carbocycles. The van der Waals surface area contributed by atoms with Crippen molar-refractivity contribution >= 4 is 17.3 Å². The fourth-order valence-corrected chi connectivity index (χ4v) is 1.98. The van der Waals surface area contributed by atoms with Crippen LogP contribution in [0, 0.1) is 0 Å². The first-order valence-electron chi connectivity index (χ1n) is 5.23. The zero-order chi connectivity index (χ0) is 11.1. The molecule has 16 heavy (non-hydrogen) atoms. The van der Waals surface area contributed by atoms with E-state index in [-0.39, 0.29) is 0 Å². The van der Waals surface area contributed by atoms with Gasteiger partial charge >= 0.3 is 0 Å². The van der Waals surface area contributed by atoms with Gasteiger partial charge in [-0.1, -0.05) is 0 Å². The fraction of sp³-hybridized carbons (Fsp3) is 0.400. The van der Waals surface area contributed by atoms with Crippen LogP contribution in [0.3, 0.4) is 0 Å². The Hall–Kier alpha value is -1.85. The van der Waals surface area contributed by atoms with Crippen LogP contribution in [0.25, 0.3) is 5.65 Å². The molecule has 3 heterocycles. The van der Waals surface area contributed by atoms with E-state index >= 15 is 0 Å². The highest BCUT2D eigenvalue weighted by atomic mass is 19.1. The summed E-state index contributed by atoms with van der Waals surface area (Å²) < 4.78 is 14.6. The number of halogens is 1. The Morgan fingerprint density at radius 2 is 2.31 bits per heavy atom. The highest BCUT2D eigenvalue weighted by molar-refractivity contribution is 5.51. The van der Waals surface area contributed by atoms with E-state index in [9.17, 15) is 4.39 Å². The summed E-state index contributed by atoms with van der Waals surface area (Å²) in [6.07, 6.45) is 1.38. The number of nitrogen functional groups attached to an aromatic ring is 1. The van der Waals surface area contributed by atoms with Crippen molar-refractivity contribution in [2.45, 2.75) is 12.6 Å². The summed E-state index contributed by atoms with van der Waals surface area (Å²) in [5, 5.41) is 4.34. The van der Waals surface area contributed by atoms with Gasteiger partial charge in [0.25, 0.3) is 0 Å². The largest absolute Gasteiger partial charge is 0.382 e. The number of aromatic nitrogens is 3. The Morgan fingerprint density at radius 1 is 1.44 bits per heavy atom. The third kappa shape index (κ3) is 1.37. The molecule has 2 N–H and O–H groups in total. The van der Waals surface area contributed by atoms with Crippen LogP contribution in [0.15, 0.2) is 18.3 Å². The topological polar surface area (TPSA) is 59.5 Å². The minimum atomic E-state index is -0.752. The van der Waals surface area contributed by atoms with Gasteiger partial charge in [-0.05, 0) is 18.6 Å². The number of fused-ring (bicyclic) bond motifs is 1. The summed E-state index contributed by atoms with van der Waals surface area (Å²) in [6.45, 7) is 1.11. The molecule has 1 unspecified atom stereocenters. The molecule has 1 aliphatic heterocycles. The molecule has 1 aliphatic rings. The van der Waals surface area contributed by atoms with Gasteiger partial charge in [0.1, 0.15) is 17.8 Å². The van der Waals surface area contributed by atoms with E-state index in [0.29, 0.717) is 31.0 Å². The maximum Gasteiger partial charge on any atom is 0.156 e. The number of rotatable bonds is 1. The van der Waals surface area contributed by atoms with Crippen molar-refractivity contribution in [2.75, 3.05) is 23.7 Å². The van der Waals surface area contributed by atoms with Crippen molar-refractivity contribution in [3.8, 4) is 0 Å². The van der Waals surface area contributed by atoms with E-state index in [1.165, 1.54) is 0 Å². The van der Waals surface area contributed by atoms with Gasteiger partial charge in [0, 0.05) is 6.54 Å². The molecule has 2 aromatic rings. The van der Waals surface area contributed by atoms with Crippen LogP contribution in [0.5, 0.6) is 0 Å². The smallest absolute Gasteiger partial charge is 0.156 e. The Kier molecular flexibility index (Phi) is 1.95. The van der Waals surface area contributed by atoms with Gasteiger partial charge in [0.15, 0.2) is 5.65 Å². The van der Waals surface area contributed by atoms with Crippen molar-refractivity contribution in [1.82, 2.24) is 14.6 Å². The third-order valence-electron chi connectivity index (χ3n) is 2.83. The normalized spacial score (nSPS) is 20.8. The maximum atomic E-state index is 13.1. The second kappa shape index (κ2) is 3.33. The molecule has 0 aliphatic carbocycles. The standard InChI is InChI=1S/C10H12FN5/c11-7-3-4-15(6-7)10-2-1-9-13-5-8(12)16(9)14-10/h1-2,5,7H,3-4,6,12H2. The molecule has 0 amide bonds. The lowest BCUT2D eigenvalue weighted by atomic mass is 10.3. The van der Waals surface area contributed by atoms with Crippen molar-refractivity contribution in [3.63, 3.8) is 0 Å². The number of nitrogens with zero attached hydrogens (tertiary/aromatic N) is 4. The molecular weight excluding hydrogens is 209 g/mol. The minimum absolute atomic E-state index is 0.410. The number of hydrogen-bond donors (Lipinski definition) is 1. The third-order valence-corrected chi connectivity index (χ3v) is 2.83. The summed E-state index contributed by atoms with van der Waals surface area (Å²) in [5.41, 5.74) is 6.42. The van der Waals surface area contributed by atoms with Crippen LogP contribution in [-0.2, 0) is 0 Å². The van der Waals surface area contributed by atoms with Crippen LogP contribution in [0.2, 0.25) is 0 Å². The zero-order valence-corrected chi connectivity index (χ0v) is 8.67. The van der Waals surface area contributed by atoms with Gasteiger partial charge < -0.3 is 10.6 Å². The molecule has 0 bridgehead atoms. The van der Waals surface area contributed by atoms with Crippen LogP contribution >= 0.6 is 0 Å².